The summed E-state index contributed by atoms with van der Waals surface area (Å²) in [5.74, 6) is 0.0124. The number of rotatable bonds is 5. The van der Waals surface area contributed by atoms with E-state index in [9.17, 15) is 23.7 Å². The van der Waals surface area contributed by atoms with Gasteiger partial charge in [-0.05, 0) is 23.8 Å². The molecule has 0 saturated carbocycles. The molecule has 3 aromatic rings. The van der Waals surface area contributed by atoms with Gasteiger partial charge in [-0.3, -0.25) is 19.5 Å². The normalized spacial score (nSPS) is 11.0. The van der Waals surface area contributed by atoms with E-state index in [1.807, 2.05) is 0 Å². The molecule has 128 valence electrons. The van der Waals surface area contributed by atoms with Crippen molar-refractivity contribution in [3.05, 3.63) is 74.8 Å². The molecule has 3 rings (SSSR count). The van der Waals surface area contributed by atoms with Crippen molar-refractivity contribution in [1.29, 1.82) is 0 Å². The van der Waals surface area contributed by atoms with Crippen LogP contribution in [-0.4, -0.2) is 21.1 Å². The molecule has 1 aromatic heterocycles. The molecule has 0 radical (unpaired) electrons. The van der Waals surface area contributed by atoms with E-state index in [4.69, 9.17) is 0 Å². The summed E-state index contributed by atoms with van der Waals surface area (Å²) < 4.78 is 29.8. The summed E-state index contributed by atoms with van der Waals surface area (Å²) >= 11 is 0. The van der Waals surface area contributed by atoms with Gasteiger partial charge < -0.3 is 4.74 Å². The Morgan fingerprint density at radius 1 is 1.20 bits per heavy atom. The molecule has 0 fully saturated rings. The van der Waals surface area contributed by atoms with E-state index in [2.05, 4.69) is 9.72 Å². The van der Waals surface area contributed by atoms with Crippen LogP contribution in [-0.2, 0) is 6.54 Å². The van der Waals surface area contributed by atoms with Gasteiger partial charge in [0.25, 0.3) is 11.2 Å². The second-order valence-corrected chi connectivity index (χ2v) is 5.16. The molecule has 1 heterocycles. The number of aromatic nitrogens is 2. The van der Waals surface area contributed by atoms with Gasteiger partial charge in [-0.15, -0.1) is 0 Å². The number of nitro groups is 1. The summed E-state index contributed by atoms with van der Waals surface area (Å²) in [7, 11) is 0. The first kappa shape index (κ1) is 16.5. The van der Waals surface area contributed by atoms with Crippen molar-refractivity contribution < 1.29 is 18.4 Å². The van der Waals surface area contributed by atoms with Crippen LogP contribution in [0, 0.1) is 10.1 Å². The fraction of sp³-hybridized carbons (Fsp3) is 0.125. The third-order valence-electron chi connectivity index (χ3n) is 3.52. The molecular formula is C16H11F2N3O4. The lowest BCUT2D eigenvalue weighted by Gasteiger charge is -2.08. The zero-order chi connectivity index (χ0) is 18.0. The Morgan fingerprint density at radius 3 is 2.56 bits per heavy atom. The minimum absolute atomic E-state index is 0.0124. The Morgan fingerprint density at radius 2 is 1.92 bits per heavy atom. The van der Waals surface area contributed by atoms with Crippen molar-refractivity contribution in [1.82, 2.24) is 9.55 Å². The van der Waals surface area contributed by atoms with Crippen LogP contribution in [0.2, 0.25) is 0 Å². The Bertz CT molecular complexity index is 987. The molecule has 0 spiro atoms. The molecule has 0 unspecified atom stereocenters. The summed E-state index contributed by atoms with van der Waals surface area (Å²) in [6.45, 7) is -2.77. The van der Waals surface area contributed by atoms with Crippen LogP contribution in [0.25, 0.3) is 10.9 Å². The molecule has 0 bridgehead atoms. The fourth-order valence-corrected chi connectivity index (χ4v) is 2.35. The number of halogens is 2. The Labute approximate surface area is 139 Å². The summed E-state index contributed by atoms with van der Waals surface area (Å²) in [5, 5.41) is 11.0. The standard InChI is InChI=1S/C16H11F2N3O4/c17-16(18)25-12-4-1-10(2-5-12)8-20-9-19-14-6-3-11(21(23)24)7-13(14)15(20)22/h1-7,9,16H,8H2. The Kier molecular flexibility index (Phi) is 4.38. The number of alkyl halides is 2. The van der Waals surface area contributed by atoms with Gasteiger partial charge >= 0.3 is 6.61 Å². The third-order valence-corrected chi connectivity index (χ3v) is 3.52. The van der Waals surface area contributed by atoms with Crippen LogP contribution in [0.1, 0.15) is 5.56 Å². The minimum Gasteiger partial charge on any atom is -0.435 e. The van der Waals surface area contributed by atoms with Crippen molar-refractivity contribution in [3.63, 3.8) is 0 Å². The zero-order valence-electron chi connectivity index (χ0n) is 12.6. The summed E-state index contributed by atoms with van der Waals surface area (Å²) in [6.07, 6.45) is 1.33. The van der Waals surface area contributed by atoms with Gasteiger partial charge in [-0.2, -0.15) is 8.78 Å². The minimum atomic E-state index is -2.91. The van der Waals surface area contributed by atoms with Crippen LogP contribution in [0.5, 0.6) is 5.75 Å². The molecule has 0 saturated heterocycles. The first-order chi connectivity index (χ1) is 11.9. The van der Waals surface area contributed by atoms with Crippen molar-refractivity contribution in [3.8, 4) is 5.75 Å². The zero-order valence-corrected chi connectivity index (χ0v) is 12.6. The number of fused-ring (bicyclic) bond motifs is 1. The third kappa shape index (κ3) is 3.60. The number of nitro benzene ring substituents is 1. The monoisotopic (exact) mass is 347 g/mol. The SMILES string of the molecule is O=c1c2cc([N+](=O)[O-])ccc2ncn1Cc1ccc(OC(F)F)cc1. The van der Waals surface area contributed by atoms with E-state index in [1.54, 1.807) is 12.1 Å². The number of ether oxygens (including phenoxy) is 1. The highest BCUT2D eigenvalue weighted by Crippen LogP contribution is 2.17. The smallest absolute Gasteiger partial charge is 0.387 e. The highest BCUT2D eigenvalue weighted by atomic mass is 19.3. The lowest BCUT2D eigenvalue weighted by atomic mass is 10.2. The molecular weight excluding hydrogens is 336 g/mol. The average Bonchev–Trinajstić information content (AvgIpc) is 2.58. The highest BCUT2D eigenvalue weighted by Gasteiger charge is 2.11. The number of benzene rings is 2. The molecule has 0 N–H and O–H groups in total. The van der Waals surface area contributed by atoms with Crippen molar-refractivity contribution in [2.45, 2.75) is 13.2 Å². The predicted octanol–water partition coefficient (Wildman–Crippen LogP) is 2.95. The molecule has 0 aliphatic carbocycles. The maximum atomic E-state index is 12.5. The predicted molar refractivity (Wildman–Crippen MR) is 84.8 cm³/mol. The van der Waals surface area contributed by atoms with Crippen LogP contribution in [0.4, 0.5) is 14.5 Å². The summed E-state index contributed by atoms with van der Waals surface area (Å²) in [6, 6.07) is 9.69. The van der Waals surface area contributed by atoms with Gasteiger partial charge in [-0.25, -0.2) is 4.98 Å². The molecule has 0 aliphatic heterocycles. The molecule has 0 amide bonds. The number of non-ortho nitro benzene ring substituents is 1. The first-order valence-corrected chi connectivity index (χ1v) is 7.11. The molecule has 0 atom stereocenters. The van der Waals surface area contributed by atoms with Gasteiger partial charge in [-0.1, -0.05) is 12.1 Å². The van der Waals surface area contributed by atoms with E-state index in [-0.39, 0.29) is 23.4 Å². The molecule has 7 nitrogen and oxygen atoms in total. The van der Waals surface area contributed by atoms with Gasteiger partial charge in [0.2, 0.25) is 0 Å². The lowest BCUT2D eigenvalue weighted by Crippen LogP contribution is -2.21. The van der Waals surface area contributed by atoms with Crippen LogP contribution in [0.15, 0.2) is 53.6 Å². The number of hydrogen-bond donors (Lipinski definition) is 0. The molecule has 25 heavy (non-hydrogen) atoms. The van der Waals surface area contributed by atoms with Crippen LogP contribution < -0.4 is 10.3 Å². The van der Waals surface area contributed by atoms with E-state index in [1.165, 1.54) is 41.2 Å². The Balaban J connectivity index is 1.92. The second-order valence-electron chi connectivity index (χ2n) is 5.16. The largest absolute Gasteiger partial charge is 0.435 e. The first-order valence-electron chi connectivity index (χ1n) is 7.11. The van der Waals surface area contributed by atoms with Crippen molar-refractivity contribution >= 4 is 16.6 Å². The van der Waals surface area contributed by atoms with Crippen molar-refractivity contribution in [2.24, 2.45) is 0 Å². The highest BCUT2D eigenvalue weighted by molar-refractivity contribution is 5.79. The van der Waals surface area contributed by atoms with Crippen LogP contribution in [0.3, 0.4) is 0 Å². The average molecular weight is 347 g/mol. The van der Waals surface area contributed by atoms with E-state index >= 15 is 0 Å². The topological polar surface area (TPSA) is 87.3 Å². The summed E-state index contributed by atoms with van der Waals surface area (Å²) in [5.41, 5.74) is 0.391. The second kappa shape index (κ2) is 6.63. The molecule has 0 aliphatic rings. The molecule has 2 aromatic carbocycles. The molecule has 9 heteroatoms. The van der Waals surface area contributed by atoms with Crippen LogP contribution >= 0.6 is 0 Å². The quantitative estimate of drug-likeness (QED) is 0.523. The number of hydrogen-bond acceptors (Lipinski definition) is 5. The van der Waals surface area contributed by atoms with Gasteiger partial charge in [0.05, 0.1) is 28.7 Å². The fourth-order valence-electron chi connectivity index (χ4n) is 2.35. The van der Waals surface area contributed by atoms with E-state index < -0.39 is 17.1 Å². The maximum Gasteiger partial charge on any atom is 0.387 e. The Hall–Kier alpha value is -3.36. The van der Waals surface area contributed by atoms with E-state index in [0.29, 0.717) is 11.1 Å². The van der Waals surface area contributed by atoms with E-state index in [0.717, 1.165) is 0 Å². The van der Waals surface area contributed by atoms with Gasteiger partial charge in [0, 0.05) is 12.1 Å². The summed E-state index contributed by atoms with van der Waals surface area (Å²) in [4.78, 5) is 26.9. The van der Waals surface area contributed by atoms with Gasteiger partial charge in [0.1, 0.15) is 5.75 Å². The van der Waals surface area contributed by atoms with Crippen molar-refractivity contribution in [2.75, 3.05) is 0 Å². The van der Waals surface area contributed by atoms with Gasteiger partial charge in [0.15, 0.2) is 0 Å². The maximum absolute atomic E-state index is 12.5. The number of nitrogens with zero attached hydrogens (tertiary/aromatic N) is 3. The lowest BCUT2D eigenvalue weighted by molar-refractivity contribution is -0.384.